The molecule has 110 valence electrons. The molecule has 1 aromatic heterocycles. The summed E-state index contributed by atoms with van der Waals surface area (Å²) in [6.45, 7) is 3.65. The zero-order chi connectivity index (χ0) is 14.7. The standard InChI is InChI=1S/C16H20N4O/c1-11-14(10-19-20-11)3-2-7-18-16(21)13-5-4-12-6-8-17-15(12)9-13/h4-5,9-10,17H,2-3,6-8H2,1H3,(H,18,21)(H,19,20). The number of anilines is 1. The van der Waals surface area contributed by atoms with Crippen molar-refractivity contribution in [3.05, 3.63) is 46.8 Å². The van der Waals surface area contributed by atoms with Crippen molar-refractivity contribution in [3.8, 4) is 0 Å². The second-order valence-corrected chi connectivity index (χ2v) is 5.43. The second-order valence-electron chi connectivity index (χ2n) is 5.43. The Hall–Kier alpha value is -2.30. The van der Waals surface area contributed by atoms with Crippen LogP contribution in [0.15, 0.2) is 24.4 Å². The summed E-state index contributed by atoms with van der Waals surface area (Å²) in [6.07, 6.45) is 4.73. The zero-order valence-electron chi connectivity index (χ0n) is 12.2. The molecule has 5 heteroatoms. The Morgan fingerprint density at radius 1 is 1.43 bits per heavy atom. The van der Waals surface area contributed by atoms with Crippen LogP contribution in [0.3, 0.4) is 0 Å². The minimum atomic E-state index is -0.00424. The number of H-pyrrole nitrogens is 1. The first-order chi connectivity index (χ1) is 10.2. The van der Waals surface area contributed by atoms with Crippen LogP contribution >= 0.6 is 0 Å². The van der Waals surface area contributed by atoms with Gasteiger partial charge in [-0.25, -0.2) is 0 Å². The van der Waals surface area contributed by atoms with Crippen molar-refractivity contribution in [2.45, 2.75) is 26.2 Å². The summed E-state index contributed by atoms with van der Waals surface area (Å²) in [4.78, 5) is 12.1. The molecule has 3 N–H and O–H groups in total. The maximum absolute atomic E-state index is 12.1. The SMILES string of the molecule is Cc1[nH]ncc1CCCNC(=O)c1ccc2c(c1)NCC2. The van der Waals surface area contributed by atoms with E-state index in [9.17, 15) is 4.79 Å². The third kappa shape index (κ3) is 3.07. The molecular weight excluding hydrogens is 264 g/mol. The van der Waals surface area contributed by atoms with E-state index in [4.69, 9.17) is 0 Å². The number of benzene rings is 1. The maximum Gasteiger partial charge on any atom is 0.251 e. The van der Waals surface area contributed by atoms with E-state index in [1.165, 1.54) is 11.1 Å². The number of carbonyl (C=O) groups excluding carboxylic acids is 1. The van der Waals surface area contributed by atoms with Gasteiger partial charge in [-0.1, -0.05) is 6.07 Å². The quantitative estimate of drug-likeness (QED) is 0.736. The van der Waals surface area contributed by atoms with Gasteiger partial charge in [0.25, 0.3) is 5.91 Å². The van der Waals surface area contributed by atoms with Crippen molar-refractivity contribution >= 4 is 11.6 Å². The van der Waals surface area contributed by atoms with Crippen molar-refractivity contribution in [1.82, 2.24) is 15.5 Å². The Kier molecular flexibility index (Phi) is 3.90. The van der Waals surface area contributed by atoms with E-state index < -0.39 is 0 Å². The molecule has 5 nitrogen and oxygen atoms in total. The molecule has 2 heterocycles. The van der Waals surface area contributed by atoms with E-state index >= 15 is 0 Å². The molecule has 0 aliphatic carbocycles. The number of nitrogens with one attached hydrogen (secondary N) is 3. The highest BCUT2D eigenvalue weighted by molar-refractivity contribution is 5.95. The Balaban J connectivity index is 1.49. The largest absolute Gasteiger partial charge is 0.384 e. The molecule has 1 aliphatic rings. The molecule has 0 spiro atoms. The van der Waals surface area contributed by atoms with Gasteiger partial charge in [0.2, 0.25) is 0 Å². The molecule has 0 atom stereocenters. The Morgan fingerprint density at radius 3 is 3.14 bits per heavy atom. The Labute approximate surface area is 124 Å². The van der Waals surface area contributed by atoms with Gasteiger partial charge in [-0.3, -0.25) is 9.89 Å². The van der Waals surface area contributed by atoms with Gasteiger partial charge in [0, 0.05) is 30.0 Å². The van der Waals surface area contributed by atoms with E-state index in [1.807, 2.05) is 31.3 Å². The number of aryl methyl sites for hydroxylation is 2. The van der Waals surface area contributed by atoms with Crippen molar-refractivity contribution < 1.29 is 4.79 Å². The summed E-state index contributed by atoms with van der Waals surface area (Å²) in [7, 11) is 0. The fourth-order valence-electron chi connectivity index (χ4n) is 2.64. The lowest BCUT2D eigenvalue weighted by Gasteiger charge is -2.07. The van der Waals surface area contributed by atoms with Crippen molar-refractivity contribution in [3.63, 3.8) is 0 Å². The molecule has 21 heavy (non-hydrogen) atoms. The van der Waals surface area contributed by atoms with E-state index in [1.54, 1.807) is 0 Å². The molecule has 3 rings (SSSR count). The molecule has 1 aromatic carbocycles. The lowest BCUT2D eigenvalue weighted by molar-refractivity contribution is 0.0953. The van der Waals surface area contributed by atoms with Crippen LogP contribution in [-0.4, -0.2) is 29.2 Å². The van der Waals surface area contributed by atoms with Gasteiger partial charge in [0.15, 0.2) is 0 Å². The Morgan fingerprint density at radius 2 is 2.33 bits per heavy atom. The van der Waals surface area contributed by atoms with Gasteiger partial charge >= 0.3 is 0 Å². The third-order valence-electron chi connectivity index (χ3n) is 3.92. The number of hydrogen-bond donors (Lipinski definition) is 3. The summed E-state index contributed by atoms with van der Waals surface area (Å²) in [5, 5.41) is 13.2. The lowest BCUT2D eigenvalue weighted by atomic mass is 10.1. The minimum absolute atomic E-state index is 0.00424. The van der Waals surface area contributed by atoms with Crippen LogP contribution in [0.4, 0.5) is 5.69 Å². The van der Waals surface area contributed by atoms with Crippen LogP contribution < -0.4 is 10.6 Å². The van der Waals surface area contributed by atoms with E-state index in [0.717, 1.165) is 42.8 Å². The number of aromatic nitrogens is 2. The van der Waals surface area contributed by atoms with E-state index in [2.05, 4.69) is 20.8 Å². The second kappa shape index (κ2) is 5.99. The number of hydrogen-bond acceptors (Lipinski definition) is 3. The number of nitrogens with zero attached hydrogens (tertiary/aromatic N) is 1. The maximum atomic E-state index is 12.1. The summed E-state index contributed by atoms with van der Waals surface area (Å²) >= 11 is 0. The monoisotopic (exact) mass is 284 g/mol. The van der Waals surface area contributed by atoms with Crippen LogP contribution in [0.25, 0.3) is 0 Å². The number of amides is 1. The van der Waals surface area contributed by atoms with Crippen LogP contribution in [0.2, 0.25) is 0 Å². The number of fused-ring (bicyclic) bond motifs is 1. The van der Waals surface area contributed by atoms with Gasteiger partial charge < -0.3 is 10.6 Å². The van der Waals surface area contributed by atoms with Crippen LogP contribution in [0.5, 0.6) is 0 Å². The fraction of sp³-hybridized carbons (Fsp3) is 0.375. The molecule has 0 radical (unpaired) electrons. The normalized spacial score (nSPS) is 12.8. The van der Waals surface area contributed by atoms with Crippen molar-refractivity contribution in [1.29, 1.82) is 0 Å². The molecule has 2 aromatic rings. The van der Waals surface area contributed by atoms with Crippen LogP contribution in [0.1, 0.15) is 33.6 Å². The van der Waals surface area contributed by atoms with Gasteiger partial charge in [-0.2, -0.15) is 5.10 Å². The summed E-state index contributed by atoms with van der Waals surface area (Å²) < 4.78 is 0. The first-order valence-electron chi connectivity index (χ1n) is 7.38. The Bertz CT molecular complexity index is 647. The molecule has 0 unspecified atom stereocenters. The molecule has 0 saturated carbocycles. The first kappa shape index (κ1) is 13.7. The average molecular weight is 284 g/mol. The van der Waals surface area contributed by atoms with E-state index in [0.29, 0.717) is 6.54 Å². The number of rotatable bonds is 5. The van der Waals surface area contributed by atoms with Crippen molar-refractivity contribution in [2.75, 3.05) is 18.4 Å². The van der Waals surface area contributed by atoms with Crippen LogP contribution in [-0.2, 0) is 12.8 Å². The number of aromatic amines is 1. The van der Waals surface area contributed by atoms with E-state index in [-0.39, 0.29) is 5.91 Å². The fourth-order valence-corrected chi connectivity index (χ4v) is 2.64. The number of carbonyl (C=O) groups is 1. The smallest absolute Gasteiger partial charge is 0.251 e. The molecule has 0 bridgehead atoms. The summed E-state index contributed by atoms with van der Waals surface area (Å²) in [6, 6.07) is 5.89. The van der Waals surface area contributed by atoms with Crippen LogP contribution in [0, 0.1) is 6.92 Å². The molecule has 1 aliphatic heterocycles. The lowest BCUT2D eigenvalue weighted by Crippen LogP contribution is -2.24. The molecule has 0 saturated heterocycles. The minimum Gasteiger partial charge on any atom is -0.384 e. The van der Waals surface area contributed by atoms with Gasteiger partial charge in [0.05, 0.1) is 6.20 Å². The molecular formula is C16H20N4O. The topological polar surface area (TPSA) is 69.8 Å². The zero-order valence-corrected chi connectivity index (χ0v) is 12.2. The predicted molar refractivity (Wildman–Crippen MR) is 82.6 cm³/mol. The van der Waals surface area contributed by atoms with Gasteiger partial charge in [0.1, 0.15) is 0 Å². The molecule has 0 fully saturated rings. The first-order valence-corrected chi connectivity index (χ1v) is 7.38. The average Bonchev–Trinajstić information content (AvgIpc) is 3.11. The van der Waals surface area contributed by atoms with Gasteiger partial charge in [-0.05, 0) is 49.4 Å². The third-order valence-corrected chi connectivity index (χ3v) is 3.92. The molecule has 1 amide bonds. The highest BCUT2D eigenvalue weighted by Crippen LogP contribution is 2.23. The highest BCUT2D eigenvalue weighted by Gasteiger charge is 2.13. The summed E-state index contributed by atoms with van der Waals surface area (Å²) in [5.74, 6) is -0.00424. The predicted octanol–water partition coefficient (Wildman–Crippen LogP) is 2.05. The summed E-state index contributed by atoms with van der Waals surface area (Å²) in [5.41, 5.74) is 5.43. The highest BCUT2D eigenvalue weighted by atomic mass is 16.1. The van der Waals surface area contributed by atoms with Gasteiger partial charge in [-0.15, -0.1) is 0 Å². The van der Waals surface area contributed by atoms with Crippen molar-refractivity contribution in [2.24, 2.45) is 0 Å².